The lowest BCUT2D eigenvalue weighted by Gasteiger charge is -2.51. The van der Waals surface area contributed by atoms with Crippen LogP contribution in [0.25, 0.3) is 0 Å². The first-order chi connectivity index (χ1) is 10.1. The van der Waals surface area contributed by atoms with Gasteiger partial charge in [-0.25, -0.2) is 0 Å². The molecular formula is C19H28INO. The van der Waals surface area contributed by atoms with E-state index < -0.39 is 0 Å². The molecule has 2 nitrogen and oxygen atoms in total. The Hall–Kier alpha value is -0.290. The monoisotopic (exact) mass is 413 g/mol. The van der Waals surface area contributed by atoms with E-state index in [9.17, 15) is 0 Å². The minimum absolute atomic E-state index is 0. The van der Waals surface area contributed by atoms with Crippen LogP contribution >= 0.6 is 0 Å². The van der Waals surface area contributed by atoms with Crippen molar-refractivity contribution in [2.75, 3.05) is 27.7 Å². The Morgan fingerprint density at radius 2 is 2.00 bits per heavy atom. The molecule has 0 bridgehead atoms. The van der Waals surface area contributed by atoms with Crippen molar-refractivity contribution in [2.24, 2.45) is 5.41 Å². The summed E-state index contributed by atoms with van der Waals surface area (Å²) in [4.78, 5) is 0. The van der Waals surface area contributed by atoms with Crippen molar-refractivity contribution in [1.82, 2.24) is 0 Å². The molecule has 3 atom stereocenters. The van der Waals surface area contributed by atoms with Gasteiger partial charge in [-0.2, -0.15) is 0 Å². The molecular weight excluding hydrogens is 385 g/mol. The second-order valence-electron chi connectivity index (χ2n) is 8.07. The lowest BCUT2D eigenvalue weighted by Crippen LogP contribution is -3.00. The zero-order chi connectivity index (χ0) is 14.7. The lowest BCUT2D eigenvalue weighted by molar-refractivity contribution is -0.906. The second kappa shape index (κ2) is 5.66. The minimum Gasteiger partial charge on any atom is -1.00 e. The highest BCUT2D eigenvalue weighted by molar-refractivity contribution is 5.42. The van der Waals surface area contributed by atoms with Gasteiger partial charge in [0, 0.05) is 18.3 Å². The number of likely N-dealkylation sites (tertiary alicyclic amines) is 1. The molecule has 1 aromatic carbocycles. The second-order valence-corrected chi connectivity index (χ2v) is 8.07. The fourth-order valence-electron chi connectivity index (χ4n) is 5.83. The molecule has 2 fully saturated rings. The van der Waals surface area contributed by atoms with Gasteiger partial charge in [0.1, 0.15) is 5.75 Å². The molecule has 3 aliphatic rings. The molecule has 1 saturated heterocycles. The third-order valence-corrected chi connectivity index (χ3v) is 6.88. The highest BCUT2D eigenvalue weighted by atomic mass is 127. The van der Waals surface area contributed by atoms with E-state index >= 15 is 0 Å². The van der Waals surface area contributed by atoms with Crippen molar-refractivity contribution in [2.45, 2.75) is 50.5 Å². The molecule has 1 saturated carbocycles. The standard InChI is InChI=1S/C19H28NO.HI/c1-20(2)11-10-19-9-5-4-6-17(19)16-8-7-15(21-3)12-14(16)13-18(19)20;/h7-8,12,17-18H,4-6,9-11,13H2,1-3H3;1H/q+1;/p-1. The quantitative estimate of drug-likeness (QED) is 0.488. The topological polar surface area (TPSA) is 9.23 Å². The van der Waals surface area contributed by atoms with Gasteiger partial charge in [0.05, 0.1) is 33.8 Å². The van der Waals surface area contributed by atoms with Gasteiger partial charge in [-0.3, -0.25) is 0 Å². The number of nitrogens with zero attached hydrogens (tertiary/aromatic N) is 1. The minimum atomic E-state index is 0. The maximum Gasteiger partial charge on any atom is 0.119 e. The molecule has 0 amide bonds. The van der Waals surface area contributed by atoms with Crippen LogP contribution in [0.5, 0.6) is 5.75 Å². The zero-order valence-corrected chi connectivity index (χ0v) is 16.2. The number of fused-ring (bicyclic) bond motifs is 2. The van der Waals surface area contributed by atoms with Crippen molar-refractivity contribution in [3.8, 4) is 5.75 Å². The van der Waals surface area contributed by atoms with E-state index in [1.54, 1.807) is 18.2 Å². The zero-order valence-electron chi connectivity index (χ0n) is 14.1. The predicted octanol–water partition coefficient (Wildman–Crippen LogP) is 0.748. The summed E-state index contributed by atoms with van der Waals surface area (Å²) in [6.07, 6.45) is 8.39. The number of hydrogen-bond donors (Lipinski definition) is 0. The van der Waals surface area contributed by atoms with Crippen LogP contribution < -0.4 is 28.7 Å². The van der Waals surface area contributed by atoms with E-state index in [1.807, 2.05) is 0 Å². The maximum atomic E-state index is 5.47. The van der Waals surface area contributed by atoms with Gasteiger partial charge in [-0.05, 0) is 42.0 Å². The summed E-state index contributed by atoms with van der Waals surface area (Å²) in [6.45, 7) is 1.35. The fourth-order valence-corrected chi connectivity index (χ4v) is 5.83. The Morgan fingerprint density at radius 3 is 2.77 bits per heavy atom. The first-order valence-electron chi connectivity index (χ1n) is 8.56. The van der Waals surface area contributed by atoms with Crippen molar-refractivity contribution >= 4 is 0 Å². The van der Waals surface area contributed by atoms with Crippen LogP contribution in [0.2, 0.25) is 0 Å². The number of halogens is 1. The largest absolute Gasteiger partial charge is 1.00 e. The normalized spacial score (nSPS) is 34.9. The molecule has 1 aliphatic heterocycles. The van der Waals surface area contributed by atoms with E-state index in [4.69, 9.17) is 4.74 Å². The fraction of sp³-hybridized carbons (Fsp3) is 0.684. The predicted molar refractivity (Wildman–Crippen MR) is 85.7 cm³/mol. The van der Waals surface area contributed by atoms with Gasteiger partial charge >= 0.3 is 0 Å². The number of quaternary nitrogens is 1. The molecule has 3 heteroatoms. The number of ether oxygens (including phenoxy) is 1. The summed E-state index contributed by atoms with van der Waals surface area (Å²) >= 11 is 0. The van der Waals surface area contributed by atoms with E-state index in [1.165, 1.54) is 49.6 Å². The summed E-state index contributed by atoms with van der Waals surface area (Å²) in [5.74, 6) is 1.83. The Bertz CT molecular complexity index is 571. The van der Waals surface area contributed by atoms with Crippen LogP contribution in [-0.4, -0.2) is 38.3 Å². The van der Waals surface area contributed by atoms with Crippen molar-refractivity contribution in [3.63, 3.8) is 0 Å². The van der Waals surface area contributed by atoms with Gasteiger partial charge in [-0.1, -0.05) is 18.9 Å². The lowest BCUT2D eigenvalue weighted by atomic mass is 9.55. The summed E-state index contributed by atoms with van der Waals surface area (Å²) in [5, 5.41) is 0. The highest BCUT2D eigenvalue weighted by Crippen LogP contribution is 2.61. The number of benzene rings is 1. The summed E-state index contributed by atoms with van der Waals surface area (Å²) in [5.41, 5.74) is 3.80. The van der Waals surface area contributed by atoms with E-state index in [0.717, 1.165) is 17.7 Å². The first-order valence-corrected chi connectivity index (χ1v) is 8.56. The Labute approximate surface area is 151 Å². The summed E-state index contributed by atoms with van der Waals surface area (Å²) in [6, 6.07) is 7.67. The van der Waals surface area contributed by atoms with Gasteiger partial charge in [0.15, 0.2) is 0 Å². The molecule has 122 valence electrons. The Kier molecular flexibility index (Phi) is 4.26. The molecule has 1 spiro atoms. The maximum absolute atomic E-state index is 5.47. The van der Waals surface area contributed by atoms with Crippen LogP contribution in [0.15, 0.2) is 18.2 Å². The molecule has 1 aromatic rings. The SMILES string of the molecule is COc1ccc2c(c1)CC1C3(CCCCC23)CC[N+]1(C)C.[I-]. The molecule has 0 radical (unpaired) electrons. The third-order valence-electron chi connectivity index (χ3n) is 6.88. The van der Waals surface area contributed by atoms with E-state index in [-0.39, 0.29) is 24.0 Å². The average molecular weight is 413 g/mol. The Morgan fingerprint density at radius 1 is 1.18 bits per heavy atom. The van der Waals surface area contributed by atoms with Crippen molar-refractivity contribution in [1.29, 1.82) is 0 Å². The number of methoxy groups -OCH3 is 1. The molecule has 1 heterocycles. The average Bonchev–Trinajstić information content (AvgIpc) is 2.76. The molecule has 2 aliphatic carbocycles. The van der Waals surface area contributed by atoms with Crippen LogP contribution in [0.3, 0.4) is 0 Å². The van der Waals surface area contributed by atoms with Crippen LogP contribution in [0, 0.1) is 5.41 Å². The van der Waals surface area contributed by atoms with Crippen LogP contribution in [-0.2, 0) is 6.42 Å². The van der Waals surface area contributed by atoms with Crippen molar-refractivity contribution in [3.05, 3.63) is 29.3 Å². The number of hydrogen-bond acceptors (Lipinski definition) is 1. The van der Waals surface area contributed by atoms with Gasteiger partial charge in [0.25, 0.3) is 0 Å². The first kappa shape index (κ1) is 16.6. The molecule has 0 aromatic heterocycles. The molecule has 3 unspecified atom stereocenters. The smallest absolute Gasteiger partial charge is 0.119 e. The van der Waals surface area contributed by atoms with Gasteiger partial charge < -0.3 is 33.2 Å². The number of likely N-dealkylation sites (N-methyl/N-ethyl adjacent to an activating group) is 1. The number of rotatable bonds is 1. The van der Waals surface area contributed by atoms with Crippen molar-refractivity contribution < 1.29 is 33.2 Å². The van der Waals surface area contributed by atoms with E-state index in [2.05, 4.69) is 32.3 Å². The summed E-state index contributed by atoms with van der Waals surface area (Å²) < 4.78 is 6.69. The summed E-state index contributed by atoms with van der Waals surface area (Å²) in [7, 11) is 6.69. The Balaban J connectivity index is 0.00000144. The molecule has 4 rings (SSSR count). The van der Waals surface area contributed by atoms with Gasteiger partial charge in [-0.15, -0.1) is 0 Å². The molecule has 0 N–H and O–H groups in total. The third kappa shape index (κ3) is 2.22. The van der Waals surface area contributed by atoms with Crippen LogP contribution in [0.1, 0.15) is 49.1 Å². The van der Waals surface area contributed by atoms with E-state index in [0.29, 0.717) is 5.41 Å². The highest BCUT2D eigenvalue weighted by Gasteiger charge is 2.60. The van der Waals surface area contributed by atoms with Crippen LogP contribution in [0.4, 0.5) is 0 Å². The molecule has 22 heavy (non-hydrogen) atoms. The van der Waals surface area contributed by atoms with Gasteiger partial charge in [0.2, 0.25) is 0 Å².